The maximum Gasteiger partial charge on any atom is 0.365 e. The van der Waals surface area contributed by atoms with E-state index in [4.69, 9.17) is 15.9 Å². The lowest BCUT2D eigenvalue weighted by molar-refractivity contribution is -0.114. The first-order valence-corrected chi connectivity index (χ1v) is 25.1. The Bertz CT molecular complexity index is 3090. The number of amides is 1. The molecule has 3 radical (unpaired) electrons. The summed E-state index contributed by atoms with van der Waals surface area (Å²) in [6.45, 7) is 35.1. The molecule has 0 aliphatic carbocycles. The highest BCUT2D eigenvalue weighted by molar-refractivity contribution is 14.1. The Morgan fingerprint density at radius 3 is 1.39 bits per heavy atom. The average molecular weight is 1070 g/mol. The van der Waals surface area contributed by atoms with Gasteiger partial charge in [-0.1, -0.05) is 0 Å². The molecule has 0 unspecified atom stereocenters. The van der Waals surface area contributed by atoms with Crippen molar-refractivity contribution in [2.45, 2.75) is 124 Å². The zero-order valence-electron chi connectivity index (χ0n) is 42.0. The van der Waals surface area contributed by atoms with Crippen molar-refractivity contribution in [1.82, 2.24) is 15.0 Å². The second-order valence-electron chi connectivity index (χ2n) is 17.0. The quantitative estimate of drug-likeness (QED) is 0.0776. The van der Waals surface area contributed by atoms with Crippen LogP contribution in [0.5, 0.6) is 0 Å². The molecule has 0 aliphatic rings. The van der Waals surface area contributed by atoms with Gasteiger partial charge in [0.15, 0.2) is 0 Å². The number of nitrogens with two attached hydrogens (primary N) is 1. The summed E-state index contributed by atoms with van der Waals surface area (Å²) in [5.41, 5.74) is 29.5. The molecule has 8 aromatic rings. The van der Waals surface area contributed by atoms with Gasteiger partial charge in [-0.05, 0) is 253 Å². The van der Waals surface area contributed by atoms with E-state index >= 15 is 0 Å². The maximum atomic E-state index is 11.0. The van der Waals surface area contributed by atoms with Crippen LogP contribution in [0.15, 0.2) is 36.4 Å². The van der Waals surface area contributed by atoms with Crippen LogP contribution in [-0.2, 0) is 11.4 Å². The summed E-state index contributed by atoms with van der Waals surface area (Å²) in [4.78, 5) is 34.7. The summed E-state index contributed by atoms with van der Waals surface area (Å²) in [7, 11) is 0. The Morgan fingerprint density at radius 2 is 0.940 bits per heavy atom. The second-order valence-corrected chi connectivity index (χ2v) is 21.3. The standard InChI is InChI=1S/C11H14INO.C11H11NO2S.C11H13NOS.C11H13NS.C9H13N.B/c1-6-5-10(13-9(4)14)11(12)8(3)7(6)2;1-5-4-8-9(7(3)6(5)2)15-10(12-8)11(13)14;1-6-4-9-11(8(3)7(6)2)14-10(5-13)12-9;1-6-5-10-11(8(3)7(6)2)13-9(4)12-10;1-6-4-9(10)5-7(2)8(6)3;/h5H,1-4H3,(H,13,14);4H,1-3H3,(H,13,14);4,13H,5H2,1-3H3;5H,1-4H3;4-5H,10H2,1-3H3;. The Morgan fingerprint density at radius 1 is 0.552 bits per heavy atom. The van der Waals surface area contributed by atoms with Crippen molar-refractivity contribution < 1.29 is 19.8 Å². The smallest absolute Gasteiger partial charge is 0.365 e. The molecule has 0 atom stereocenters. The molecule has 5 N–H and O–H groups in total. The number of thiazole rings is 3. The minimum Gasteiger partial charge on any atom is -0.476 e. The molecule has 67 heavy (non-hydrogen) atoms. The van der Waals surface area contributed by atoms with Crippen LogP contribution in [0.1, 0.15) is 110 Å². The van der Waals surface area contributed by atoms with Crippen LogP contribution in [0.4, 0.5) is 11.4 Å². The predicted octanol–water partition coefficient (Wildman–Crippen LogP) is 14.2. The lowest BCUT2D eigenvalue weighted by Gasteiger charge is -2.12. The lowest BCUT2D eigenvalue weighted by Crippen LogP contribution is -2.08. The molecule has 9 nitrogen and oxygen atoms in total. The molecule has 0 aliphatic heterocycles. The number of aryl methyl sites for hydroxylation is 10. The van der Waals surface area contributed by atoms with Gasteiger partial charge in [-0.3, -0.25) is 4.79 Å². The van der Waals surface area contributed by atoms with E-state index in [0.29, 0.717) is 0 Å². The molecule has 14 heteroatoms. The number of aromatic nitrogens is 3. The molecule has 0 bridgehead atoms. The number of anilines is 2. The zero-order chi connectivity index (χ0) is 49.6. The Balaban J connectivity index is 0.000000222. The van der Waals surface area contributed by atoms with Crippen LogP contribution in [0, 0.1) is 114 Å². The first kappa shape index (κ1) is 56.6. The predicted molar refractivity (Wildman–Crippen MR) is 298 cm³/mol. The molecular formula is C53H64BIN5O4S3. The average Bonchev–Trinajstić information content (AvgIpc) is 3.99. The molecule has 3 heterocycles. The first-order chi connectivity index (χ1) is 30.8. The fraction of sp³-hybridized carbons (Fsp3) is 0.340. The number of nitrogen functional groups attached to an aromatic ring is 1. The summed E-state index contributed by atoms with van der Waals surface area (Å²) in [6.07, 6.45) is 0. The number of halogens is 1. The van der Waals surface area contributed by atoms with E-state index in [1.54, 1.807) is 22.7 Å². The number of nitrogens with zero attached hydrogens (tertiary/aromatic N) is 3. The van der Waals surface area contributed by atoms with Crippen LogP contribution in [0.2, 0.25) is 0 Å². The van der Waals surface area contributed by atoms with Crippen molar-refractivity contribution in [1.29, 1.82) is 0 Å². The minimum atomic E-state index is -0.953. The van der Waals surface area contributed by atoms with Gasteiger partial charge in [0.25, 0.3) is 0 Å². The molecule has 0 saturated carbocycles. The highest BCUT2D eigenvalue weighted by Gasteiger charge is 2.15. The normalized spacial score (nSPS) is 10.5. The number of aromatic carboxylic acids is 1. The van der Waals surface area contributed by atoms with Crippen molar-refractivity contribution in [2.24, 2.45) is 0 Å². The Labute approximate surface area is 424 Å². The van der Waals surface area contributed by atoms with E-state index in [0.717, 1.165) is 57.3 Å². The van der Waals surface area contributed by atoms with Gasteiger partial charge in [0.05, 0.1) is 48.0 Å². The summed E-state index contributed by atoms with van der Waals surface area (Å²) in [5.74, 6) is -0.975. The number of hydrogen-bond donors (Lipinski definition) is 4. The van der Waals surface area contributed by atoms with Crippen molar-refractivity contribution >= 4 is 119 Å². The summed E-state index contributed by atoms with van der Waals surface area (Å²) in [6, 6.07) is 12.2. The first-order valence-electron chi connectivity index (χ1n) is 21.6. The van der Waals surface area contributed by atoms with Gasteiger partial charge in [-0.2, -0.15) is 0 Å². The van der Waals surface area contributed by atoms with Crippen molar-refractivity contribution in [2.75, 3.05) is 11.1 Å². The Hall–Kier alpha value is -4.74. The molecule has 0 fully saturated rings. The van der Waals surface area contributed by atoms with Gasteiger partial charge in [0, 0.05) is 24.6 Å². The van der Waals surface area contributed by atoms with Crippen LogP contribution >= 0.6 is 56.6 Å². The van der Waals surface area contributed by atoms with E-state index < -0.39 is 5.97 Å². The van der Waals surface area contributed by atoms with Crippen LogP contribution in [-0.4, -0.2) is 45.5 Å². The molecule has 5 aromatic carbocycles. The van der Waals surface area contributed by atoms with Gasteiger partial charge >= 0.3 is 5.97 Å². The Kier molecular flexibility index (Phi) is 20.3. The highest BCUT2D eigenvalue weighted by atomic mass is 127. The highest BCUT2D eigenvalue weighted by Crippen LogP contribution is 2.32. The third-order valence-electron chi connectivity index (χ3n) is 12.3. The molecule has 3 aromatic heterocycles. The van der Waals surface area contributed by atoms with Gasteiger partial charge in [0.2, 0.25) is 10.9 Å². The third-order valence-corrected chi connectivity index (χ3v) is 17.2. The number of benzene rings is 5. The number of aliphatic hydroxyl groups excluding tert-OH is 1. The second kappa shape index (κ2) is 24.0. The summed E-state index contributed by atoms with van der Waals surface area (Å²) >= 11 is 6.89. The molecule has 8 rings (SSSR count). The summed E-state index contributed by atoms with van der Waals surface area (Å²) < 4.78 is 4.66. The van der Waals surface area contributed by atoms with E-state index in [9.17, 15) is 9.59 Å². The minimum absolute atomic E-state index is 0. The fourth-order valence-corrected chi connectivity index (χ4v) is 10.7. The van der Waals surface area contributed by atoms with Crippen LogP contribution in [0.3, 0.4) is 0 Å². The van der Waals surface area contributed by atoms with Crippen LogP contribution < -0.4 is 11.1 Å². The number of carboxylic acid groups (broad SMARTS) is 1. The SMILES string of the molecule is CC(=O)Nc1cc(C)c(C)c(C)c1I.Cc1cc(N)cc(C)c1C.Cc1cc2nc(C(=O)O)sc2c(C)c1C.Cc1cc2nc(CO)sc2c(C)c1C.Cc1nc2cc(C)c(C)c(C)c2s1.[B]. The number of rotatable bonds is 3. The molecule has 0 spiro atoms. The van der Waals surface area contributed by atoms with E-state index in [2.05, 4.69) is 145 Å². The number of carbonyl (C=O) groups excluding carboxylic acids is 1. The number of carbonyl (C=O) groups is 2. The van der Waals surface area contributed by atoms with E-state index in [1.165, 1.54) is 100.0 Å². The maximum absolute atomic E-state index is 11.0. The fourth-order valence-electron chi connectivity index (χ4n) is 7.15. The van der Waals surface area contributed by atoms with E-state index in [1.807, 2.05) is 45.0 Å². The van der Waals surface area contributed by atoms with Gasteiger partial charge in [-0.25, -0.2) is 19.7 Å². The van der Waals surface area contributed by atoms with Crippen molar-refractivity contribution in [3.63, 3.8) is 0 Å². The number of fused-ring (bicyclic) bond motifs is 3. The topological polar surface area (TPSA) is 151 Å². The molecule has 0 saturated heterocycles. The zero-order valence-corrected chi connectivity index (χ0v) is 46.6. The van der Waals surface area contributed by atoms with Crippen LogP contribution in [0.25, 0.3) is 30.6 Å². The molecular weight excluding hydrogens is 1000 g/mol. The summed E-state index contributed by atoms with van der Waals surface area (Å²) in [5, 5.41) is 22.8. The van der Waals surface area contributed by atoms with Crippen molar-refractivity contribution in [3.05, 3.63) is 138 Å². The van der Waals surface area contributed by atoms with E-state index in [-0.39, 0.29) is 25.9 Å². The monoisotopic (exact) mass is 1070 g/mol. The number of nitrogens with one attached hydrogen (secondary N) is 1. The largest absolute Gasteiger partial charge is 0.476 e. The molecule has 353 valence electrons. The van der Waals surface area contributed by atoms with Gasteiger partial charge in [-0.15, -0.1) is 34.0 Å². The lowest BCUT2D eigenvalue weighted by atomic mass is 10.0. The number of hydrogen-bond acceptors (Lipinski definition) is 10. The third kappa shape index (κ3) is 13.7. The number of carboxylic acids is 1. The van der Waals surface area contributed by atoms with Crippen molar-refractivity contribution in [3.8, 4) is 0 Å². The van der Waals surface area contributed by atoms with Gasteiger partial charge in [0.1, 0.15) is 5.01 Å². The number of aliphatic hydroxyl groups is 1. The van der Waals surface area contributed by atoms with Gasteiger partial charge < -0.3 is 21.3 Å². The molecule has 1 amide bonds.